The van der Waals surface area contributed by atoms with Gasteiger partial charge in [0, 0.05) is 25.6 Å². The van der Waals surface area contributed by atoms with Crippen molar-refractivity contribution < 1.29 is 23.9 Å². The summed E-state index contributed by atoms with van der Waals surface area (Å²) >= 11 is 0. The Morgan fingerprint density at radius 2 is 1.72 bits per heavy atom. The molecule has 0 bridgehead atoms. The predicted molar refractivity (Wildman–Crippen MR) is 134 cm³/mol. The van der Waals surface area contributed by atoms with Crippen LogP contribution in [0.25, 0.3) is 0 Å². The highest BCUT2D eigenvalue weighted by molar-refractivity contribution is 6.21. The number of carbonyl (C=O) groups excluding carboxylic acids is 4. The van der Waals surface area contributed by atoms with Crippen LogP contribution in [0.3, 0.4) is 0 Å². The monoisotopic (exact) mass is 491 g/mol. The Morgan fingerprint density at radius 3 is 2.36 bits per heavy atom. The number of methoxy groups -OCH3 is 1. The Kier molecular flexibility index (Phi) is 8.03. The number of rotatable bonds is 10. The largest absolute Gasteiger partial charge is 0.497 e. The quantitative estimate of drug-likeness (QED) is 0.513. The number of ether oxygens (including phenoxy) is 1. The molecule has 8 nitrogen and oxygen atoms in total. The minimum absolute atomic E-state index is 0.110. The van der Waals surface area contributed by atoms with Crippen LogP contribution in [0.1, 0.15) is 71.7 Å². The molecule has 1 saturated carbocycles. The zero-order chi connectivity index (χ0) is 25.7. The minimum Gasteiger partial charge on any atom is -0.497 e. The van der Waals surface area contributed by atoms with Gasteiger partial charge in [-0.3, -0.25) is 24.1 Å². The molecule has 1 N–H and O–H groups in total. The van der Waals surface area contributed by atoms with Gasteiger partial charge in [-0.2, -0.15) is 0 Å². The fourth-order valence-electron chi connectivity index (χ4n) is 4.92. The van der Waals surface area contributed by atoms with Crippen LogP contribution < -0.4 is 10.1 Å². The molecule has 1 aliphatic heterocycles. The number of hydrogen-bond donors (Lipinski definition) is 1. The zero-order valence-electron chi connectivity index (χ0n) is 20.9. The normalized spacial score (nSPS) is 16.1. The van der Waals surface area contributed by atoms with Crippen LogP contribution in [-0.4, -0.2) is 59.2 Å². The van der Waals surface area contributed by atoms with Crippen molar-refractivity contribution in [3.63, 3.8) is 0 Å². The van der Waals surface area contributed by atoms with Crippen molar-refractivity contribution in [2.24, 2.45) is 0 Å². The highest BCUT2D eigenvalue weighted by atomic mass is 16.5. The van der Waals surface area contributed by atoms with Gasteiger partial charge in [-0.15, -0.1) is 0 Å². The Morgan fingerprint density at radius 1 is 1.06 bits per heavy atom. The van der Waals surface area contributed by atoms with Gasteiger partial charge in [-0.05, 0) is 56.0 Å². The van der Waals surface area contributed by atoms with Crippen LogP contribution in [0.2, 0.25) is 0 Å². The molecule has 1 atom stereocenters. The lowest BCUT2D eigenvalue weighted by Crippen LogP contribution is -2.49. The number of nitrogens with zero attached hydrogens (tertiary/aromatic N) is 2. The molecule has 0 spiro atoms. The van der Waals surface area contributed by atoms with E-state index in [-0.39, 0.29) is 49.2 Å². The third-order valence-corrected chi connectivity index (χ3v) is 7.01. The molecular formula is C28H33N3O5. The molecule has 2 aromatic carbocycles. The lowest BCUT2D eigenvalue weighted by Gasteiger charge is -2.30. The number of nitrogens with one attached hydrogen (secondary N) is 1. The van der Waals surface area contributed by atoms with Gasteiger partial charge >= 0.3 is 0 Å². The van der Waals surface area contributed by atoms with Gasteiger partial charge in [0.2, 0.25) is 11.8 Å². The SMILES string of the molecule is COc1cccc(CN(C(=O)CCCN2C(=O)c3ccccc3C2=O)[C@@H](C)C(=O)NC2CCCC2)c1. The summed E-state index contributed by atoms with van der Waals surface area (Å²) in [4.78, 5) is 54.4. The average molecular weight is 492 g/mol. The fraction of sp³-hybridized carbons (Fsp3) is 0.429. The van der Waals surface area contributed by atoms with Gasteiger partial charge in [0.25, 0.3) is 11.8 Å². The van der Waals surface area contributed by atoms with Gasteiger partial charge in [0.15, 0.2) is 0 Å². The first-order valence-corrected chi connectivity index (χ1v) is 12.6. The van der Waals surface area contributed by atoms with Crippen molar-refractivity contribution in [1.82, 2.24) is 15.1 Å². The summed E-state index contributed by atoms with van der Waals surface area (Å²) in [7, 11) is 1.58. The number of hydrogen-bond acceptors (Lipinski definition) is 5. The first-order valence-electron chi connectivity index (χ1n) is 12.6. The first kappa shape index (κ1) is 25.4. The predicted octanol–water partition coefficient (Wildman–Crippen LogP) is 3.55. The number of amides is 4. The van der Waals surface area contributed by atoms with Crippen molar-refractivity contribution in [3.05, 3.63) is 65.2 Å². The van der Waals surface area contributed by atoms with Crippen LogP contribution in [0, 0.1) is 0 Å². The van der Waals surface area contributed by atoms with Crippen molar-refractivity contribution in [2.45, 2.75) is 64.1 Å². The molecule has 1 heterocycles. The summed E-state index contributed by atoms with van der Waals surface area (Å²) in [6.07, 6.45) is 4.55. The van der Waals surface area contributed by atoms with Crippen molar-refractivity contribution in [1.29, 1.82) is 0 Å². The highest BCUT2D eigenvalue weighted by Crippen LogP contribution is 2.23. The van der Waals surface area contributed by atoms with Crippen molar-refractivity contribution in [2.75, 3.05) is 13.7 Å². The number of imide groups is 1. The van der Waals surface area contributed by atoms with E-state index >= 15 is 0 Å². The molecule has 4 rings (SSSR count). The van der Waals surface area contributed by atoms with E-state index in [4.69, 9.17) is 4.74 Å². The smallest absolute Gasteiger partial charge is 0.261 e. The fourth-order valence-corrected chi connectivity index (χ4v) is 4.92. The van der Waals surface area contributed by atoms with Crippen LogP contribution >= 0.6 is 0 Å². The lowest BCUT2D eigenvalue weighted by atomic mass is 10.1. The number of benzene rings is 2. The van der Waals surface area contributed by atoms with Crippen molar-refractivity contribution >= 4 is 23.6 Å². The standard InChI is InChI=1S/C28H33N3O5/c1-19(26(33)29-21-10-3-4-11-21)31(18-20-9-7-12-22(17-20)36-2)25(32)15-8-16-30-27(34)23-13-5-6-14-24(23)28(30)35/h5-7,9,12-14,17,19,21H,3-4,8,10-11,15-16,18H2,1-2H3,(H,29,33)/t19-/m0/s1. The molecule has 0 saturated heterocycles. The molecule has 2 aliphatic rings. The lowest BCUT2D eigenvalue weighted by molar-refractivity contribution is -0.141. The van der Waals surface area contributed by atoms with Gasteiger partial charge in [0.1, 0.15) is 11.8 Å². The summed E-state index contributed by atoms with van der Waals surface area (Å²) < 4.78 is 5.31. The topological polar surface area (TPSA) is 96.0 Å². The maximum atomic E-state index is 13.4. The van der Waals surface area contributed by atoms with E-state index in [1.54, 1.807) is 43.2 Å². The van der Waals surface area contributed by atoms with E-state index in [1.165, 1.54) is 4.90 Å². The number of carbonyl (C=O) groups is 4. The van der Waals surface area contributed by atoms with E-state index in [1.807, 2.05) is 24.3 Å². The zero-order valence-corrected chi connectivity index (χ0v) is 20.9. The van der Waals surface area contributed by atoms with Gasteiger partial charge < -0.3 is 15.0 Å². The van der Waals surface area contributed by atoms with Gasteiger partial charge in [0.05, 0.1) is 18.2 Å². The molecular weight excluding hydrogens is 458 g/mol. The molecule has 1 aliphatic carbocycles. The average Bonchev–Trinajstić information content (AvgIpc) is 3.49. The second-order valence-electron chi connectivity index (χ2n) is 9.45. The molecule has 8 heteroatoms. The Balaban J connectivity index is 1.42. The number of fused-ring (bicyclic) bond motifs is 1. The van der Waals surface area contributed by atoms with Crippen molar-refractivity contribution in [3.8, 4) is 5.75 Å². The van der Waals surface area contributed by atoms with E-state index < -0.39 is 6.04 Å². The summed E-state index contributed by atoms with van der Waals surface area (Å²) in [5.41, 5.74) is 1.64. The molecule has 36 heavy (non-hydrogen) atoms. The first-order chi connectivity index (χ1) is 17.4. The Labute approximate surface area is 211 Å². The molecule has 190 valence electrons. The van der Waals surface area contributed by atoms with E-state index in [0.29, 0.717) is 23.3 Å². The molecule has 4 amide bonds. The van der Waals surface area contributed by atoms with Gasteiger partial charge in [-0.1, -0.05) is 37.1 Å². The van der Waals surface area contributed by atoms with Crippen LogP contribution in [0.5, 0.6) is 5.75 Å². The van der Waals surface area contributed by atoms with E-state index in [0.717, 1.165) is 31.2 Å². The maximum Gasteiger partial charge on any atom is 0.261 e. The summed E-state index contributed by atoms with van der Waals surface area (Å²) in [5.74, 6) is -0.364. The summed E-state index contributed by atoms with van der Waals surface area (Å²) in [6, 6.07) is 13.6. The summed E-state index contributed by atoms with van der Waals surface area (Å²) in [6.45, 7) is 2.14. The second-order valence-corrected chi connectivity index (χ2v) is 9.45. The third kappa shape index (κ3) is 5.58. The molecule has 0 unspecified atom stereocenters. The minimum atomic E-state index is -0.663. The van der Waals surface area contributed by atoms with Crippen LogP contribution in [-0.2, 0) is 16.1 Å². The van der Waals surface area contributed by atoms with E-state index in [2.05, 4.69) is 5.32 Å². The maximum absolute atomic E-state index is 13.4. The molecule has 0 aromatic heterocycles. The molecule has 1 fully saturated rings. The second kappa shape index (κ2) is 11.4. The van der Waals surface area contributed by atoms with E-state index in [9.17, 15) is 19.2 Å². The Bertz CT molecular complexity index is 1110. The summed E-state index contributed by atoms with van der Waals surface area (Å²) in [5, 5.41) is 3.09. The third-order valence-electron chi connectivity index (χ3n) is 7.01. The van der Waals surface area contributed by atoms with Crippen LogP contribution in [0.4, 0.5) is 0 Å². The highest BCUT2D eigenvalue weighted by Gasteiger charge is 2.35. The van der Waals surface area contributed by atoms with Gasteiger partial charge in [-0.25, -0.2) is 0 Å². The molecule has 2 aromatic rings. The Hall–Kier alpha value is -3.68. The van der Waals surface area contributed by atoms with Crippen LogP contribution in [0.15, 0.2) is 48.5 Å². The molecule has 0 radical (unpaired) electrons.